The number of hydrogen-bond acceptors (Lipinski definition) is 4. The minimum absolute atomic E-state index is 0.0468. The van der Waals surface area contributed by atoms with Gasteiger partial charge in [-0.05, 0) is 25.5 Å². The molecule has 0 unspecified atom stereocenters. The van der Waals surface area contributed by atoms with Gasteiger partial charge in [-0.25, -0.2) is 0 Å². The van der Waals surface area contributed by atoms with Crippen molar-refractivity contribution in [1.82, 2.24) is 5.32 Å². The third kappa shape index (κ3) is 3.78. The van der Waals surface area contributed by atoms with Crippen molar-refractivity contribution in [3.05, 3.63) is 24.2 Å². The lowest BCUT2D eigenvalue weighted by molar-refractivity contribution is -0.118. The standard InChI is InChI=1S/C12H17NO3S/c1-9-11(4-6-15-9)17-8-12(14)13-7-10-3-2-5-16-10/h2-3,5,9,11H,4,6-8H2,1H3,(H,13,14)/t9-,11-/m1/s1. The summed E-state index contributed by atoms with van der Waals surface area (Å²) in [6.45, 7) is 3.33. The second kappa shape index (κ2) is 6.12. The molecule has 17 heavy (non-hydrogen) atoms. The topological polar surface area (TPSA) is 51.5 Å². The zero-order chi connectivity index (χ0) is 12.1. The Labute approximate surface area is 105 Å². The van der Waals surface area contributed by atoms with Crippen LogP contribution in [0, 0.1) is 0 Å². The van der Waals surface area contributed by atoms with Crippen molar-refractivity contribution in [2.75, 3.05) is 12.4 Å². The molecule has 1 aliphatic heterocycles. The van der Waals surface area contributed by atoms with Gasteiger partial charge in [0.2, 0.25) is 5.91 Å². The van der Waals surface area contributed by atoms with Gasteiger partial charge in [-0.2, -0.15) is 0 Å². The highest BCUT2D eigenvalue weighted by Gasteiger charge is 2.25. The van der Waals surface area contributed by atoms with Crippen LogP contribution in [0.5, 0.6) is 0 Å². The van der Waals surface area contributed by atoms with Gasteiger partial charge >= 0.3 is 0 Å². The molecule has 2 atom stereocenters. The summed E-state index contributed by atoms with van der Waals surface area (Å²) in [4.78, 5) is 11.6. The predicted molar refractivity (Wildman–Crippen MR) is 66.8 cm³/mol. The van der Waals surface area contributed by atoms with Crippen molar-refractivity contribution in [3.63, 3.8) is 0 Å². The number of amides is 1. The quantitative estimate of drug-likeness (QED) is 0.871. The Morgan fingerprint density at radius 2 is 2.53 bits per heavy atom. The van der Waals surface area contributed by atoms with Crippen molar-refractivity contribution < 1.29 is 13.9 Å². The number of rotatable bonds is 5. The Kier molecular flexibility index (Phi) is 4.50. The van der Waals surface area contributed by atoms with E-state index in [0.717, 1.165) is 18.8 Å². The zero-order valence-electron chi connectivity index (χ0n) is 9.85. The molecule has 1 N–H and O–H groups in total. The fourth-order valence-corrected chi connectivity index (χ4v) is 2.84. The molecule has 5 heteroatoms. The van der Waals surface area contributed by atoms with Gasteiger partial charge in [0.15, 0.2) is 0 Å². The number of carbonyl (C=O) groups excluding carboxylic acids is 1. The van der Waals surface area contributed by atoms with Gasteiger partial charge in [-0.1, -0.05) is 0 Å². The van der Waals surface area contributed by atoms with Crippen LogP contribution in [0.1, 0.15) is 19.1 Å². The average molecular weight is 255 g/mol. The van der Waals surface area contributed by atoms with E-state index in [1.54, 1.807) is 18.0 Å². The van der Waals surface area contributed by atoms with Crippen LogP contribution >= 0.6 is 11.8 Å². The monoisotopic (exact) mass is 255 g/mol. The Hall–Kier alpha value is -0.940. The smallest absolute Gasteiger partial charge is 0.230 e. The van der Waals surface area contributed by atoms with E-state index in [2.05, 4.69) is 12.2 Å². The zero-order valence-corrected chi connectivity index (χ0v) is 10.7. The molecule has 1 fully saturated rings. The predicted octanol–water partition coefficient (Wildman–Crippen LogP) is 1.81. The van der Waals surface area contributed by atoms with Crippen LogP contribution < -0.4 is 5.32 Å². The molecule has 1 aromatic rings. The Balaban J connectivity index is 1.64. The van der Waals surface area contributed by atoms with Crippen LogP contribution in [0.15, 0.2) is 22.8 Å². The lowest BCUT2D eigenvalue weighted by Gasteiger charge is -2.12. The third-order valence-electron chi connectivity index (χ3n) is 2.78. The van der Waals surface area contributed by atoms with Gasteiger partial charge in [0.05, 0.1) is 24.7 Å². The van der Waals surface area contributed by atoms with Gasteiger partial charge in [-0.15, -0.1) is 11.8 Å². The summed E-state index contributed by atoms with van der Waals surface area (Å²) >= 11 is 1.67. The van der Waals surface area contributed by atoms with E-state index >= 15 is 0 Å². The first-order chi connectivity index (χ1) is 8.25. The molecular formula is C12H17NO3S. The molecule has 2 rings (SSSR count). The first-order valence-electron chi connectivity index (χ1n) is 5.78. The van der Waals surface area contributed by atoms with Crippen molar-refractivity contribution in [2.24, 2.45) is 0 Å². The largest absolute Gasteiger partial charge is 0.467 e. The van der Waals surface area contributed by atoms with E-state index in [9.17, 15) is 4.79 Å². The van der Waals surface area contributed by atoms with Crippen LogP contribution in [0.4, 0.5) is 0 Å². The van der Waals surface area contributed by atoms with Gasteiger partial charge in [0.25, 0.3) is 0 Å². The first kappa shape index (κ1) is 12.5. The normalized spacial score (nSPS) is 23.8. The highest BCUT2D eigenvalue weighted by atomic mass is 32.2. The maximum absolute atomic E-state index is 11.6. The van der Waals surface area contributed by atoms with Gasteiger partial charge < -0.3 is 14.5 Å². The van der Waals surface area contributed by atoms with E-state index in [-0.39, 0.29) is 12.0 Å². The average Bonchev–Trinajstić information content (AvgIpc) is 2.95. The van der Waals surface area contributed by atoms with E-state index in [0.29, 0.717) is 17.5 Å². The summed E-state index contributed by atoms with van der Waals surface area (Å²) in [7, 11) is 0. The molecule has 1 aliphatic rings. The second-order valence-electron chi connectivity index (χ2n) is 4.07. The number of hydrogen-bond donors (Lipinski definition) is 1. The van der Waals surface area contributed by atoms with Gasteiger partial charge in [0, 0.05) is 11.9 Å². The molecule has 1 aromatic heterocycles. The third-order valence-corrected chi connectivity index (χ3v) is 4.25. The highest BCUT2D eigenvalue weighted by Crippen LogP contribution is 2.25. The Bertz CT molecular complexity index is 353. The van der Waals surface area contributed by atoms with E-state index < -0.39 is 0 Å². The molecule has 94 valence electrons. The minimum atomic E-state index is 0.0468. The fraction of sp³-hybridized carbons (Fsp3) is 0.583. The number of thioether (sulfide) groups is 1. The Morgan fingerprint density at radius 1 is 1.65 bits per heavy atom. The van der Waals surface area contributed by atoms with Crippen molar-refractivity contribution in [2.45, 2.75) is 31.2 Å². The molecule has 1 saturated heterocycles. The van der Waals surface area contributed by atoms with Crippen molar-refractivity contribution in [1.29, 1.82) is 0 Å². The minimum Gasteiger partial charge on any atom is -0.467 e. The van der Waals surface area contributed by atoms with Crippen LogP contribution in [0.25, 0.3) is 0 Å². The van der Waals surface area contributed by atoms with Crippen LogP contribution in [0.2, 0.25) is 0 Å². The SMILES string of the molecule is C[C@H]1OCC[C@H]1SCC(=O)NCc1ccco1. The number of nitrogens with one attached hydrogen (secondary N) is 1. The van der Waals surface area contributed by atoms with E-state index in [1.165, 1.54) is 0 Å². The molecule has 0 bridgehead atoms. The van der Waals surface area contributed by atoms with Crippen molar-refractivity contribution in [3.8, 4) is 0 Å². The summed E-state index contributed by atoms with van der Waals surface area (Å²) in [5.41, 5.74) is 0. The molecule has 0 aromatic carbocycles. The molecule has 0 spiro atoms. The fourth-order valence-electron chi connectivity index (χ4n) is 1.76. The summed E-state index contributed by atoms with van der Waals surface area (Å²) in [5, 5.41) is 3.28. The molecule has 0 saturated carbocycles. The van der Waals surface area contributed by atoms with E-state index in [1.807, 2.05) is 12.1 Å². The molecule has 0 aliphatic carbocycles. The van der Waals surface area contributed by atoms with Crippen molar-refractivity contribution >= 4 is 17.7 Å². The molecule has 0 radical (unpaired) electrons. The molecule has 4 nitrogen and oxygen atoms in total. The van der Waals surface area contributed by atoms with Gasteiger partial charge in [-0.3, -0.25) is 4.79 Å². The summed E-state index contributed by atoms with van der Waals surface area (Å²) < 4.78 is 10.6. The first-order valence-corrected chi connectivity index (χ1v) is 6.83. The summed E-state index contributed by atoms with van der Waals surface area (Å²) in [5.74, 6) is 1.31. The maximum atomic E-state index is 11.6. The molecule has 2 heterocycles. The highest BCUT2D eigenvalue weighted by molar-refractivity contribution is 8.00. The summed E-state index contributed by atoms with van der Waals surface area (Å²) in [6.07, 6.45) is 2.91. The van der Waals surface area contributed by atoms with Gasteiger partial charge in [0.1, 0.15) is 5.76 Å². The lowest BCUT2D eigenvalue weighted by Crippen LogP contribution is -2.26. The second-order valence-corrected chi connectivity index (χ2v) is 5.30. The number of ether oxygens (including phenoxy) is 1. The number of carbonyl (C=O) groups is 1. The lowest BCUT2D eigenvalue weighted by atomic mass is 10.3. The Morgan fingerprint density at radius 3 is 3.18 bits per heavy atom. The number of furan rings is 1. The van der Waals surface area contributed by atoms with Crippen LogP contribution in [0.3, 0.4) is 0 Å². The van der Waals surface area contributed by atoms with E-state index in [4.69, 9.17) is 9.15 Å². The van der Waals surface area contributed by atoms with Crippen LogP contribution in [-0.4, -0.2) is 29.6 Å². The molecule has 1 amide bonds. The molecular weight excluding hydrogens is 238 g/mol. The maximum Gasteiger partial charge on any atom is 0.230 e. The summed E-state index contributed by atoms with van der Waals surface area (Å²) in [6, 6.07) is 3.66. The van der Waals surface area contributed by atoms with Crippen LogP contribution in [-0.2, 0) is 16.1 Å².